The number of nitrogens with zero attached hydrogens (tertiary/aromatic N) is 3. The maximum atomic E-state index is 13.2. The van der Waals surface area contributed by atoms with Crippen LogP contribution in [-0.4, -0.2) is 34.8 Å². The van der Waals surface area contributed by atoms with E-state index in [4.69, 9.17) is 16.7 Å². The number of hydrogen-bond acceptors (Lipinski definition) is 5. The average molecular weight is 439 g/mol. The Hall–Kier alpha value is -2.57. The minimum absolute atomic E-state index is 0.147. The van der Waals surface area contributed by atoms with Gasteiger partial charge in [0.2, 0.25) is 0 Å². The quantitative estimate of drug-likeness (QED) is 0.744. The van der Waals surface area contributed by atoms with Gasteiger partial charge in [0.05, 0.1) is 16.8 Å². The van der Waals surface area contributed by atoms with Gasteiger partial charge in [-0.15, -0.1) is 0 Å². The predicted octanol–water partition coefficient (Wildman–Crippen LogP) is 4.36. The number of rotatable bonds is 4. The van der Waals surface area contributed by atoms with Gasteiger partial charge in [0, 0.05) is 19.0 Å². The van der Waals surface area contributed by atoms with Gasteiger partial charge in [-0.05, 0) is 54.5 Å². The number of hydrogen-bond donors (Lipinski definition) is 2. The van der Waals surface area contributed by atoms with Crippen LogP contribution in [0, 0.1) is 17.8 Å². The highest BCUT2D eigenvalue weighted by molar-refractivity contribution is 6.40. The van der Waals surface area contributed by atoms with E-state index in [1.165, 1.54) is 19.3 Å². The highest BCUT2D eigenvalue weighted by Gasteiger charge is 2.42. The number of carbonyl (C=O) groups excluding carboxylic acids is 1. The van der Waals surface area contributed by atoms with E-state index in [0.29, 0.717) is 22.6 Å². The largest absolute Gasteiger partial charge is 0.508 e. The van der Waals surface area contributed by atoms with Gasteiger partial charge in [-0.2, -0.15) is 5.10 Å². The van der Waals surface area contributed by atoms with Gasteiger partial charge in [0.1, 0.15) is 11.5 Å². The van der Waals surface area contributed by atoms with Gasteiger partial charge < -0.3 is 5.11 Å². The Balaban J connectivity index is 1.43. The molecule has 2 unspecified atom stereocenters. The second-order valence-corrected chi connectivity index (χ2v) is 9.31. The van der Waals surface area contributed by atoms with Crippen LogP contribution in [0.15, 0.2) is 53.6 Å². The number of hydrazine groups is 1. The fraction of sp³-hybridized carbons (Fsp3) is 0.417. The van der Waals surface area contributed by atoms with Crippen molar-refractivity contribution < 1.29 is 9.90 Å². The Morgan fingerprint density at radius 2 is 1.77 bits per heavy atom. The first-order valence-electron chi connectivity index (χ1n) is 11.0. The zero-order valence-electron chi connectivity index (χ0n) is 17.5. The second kappa shape index (κ2) is 8.17. The summed E-state index contributed by atoms with van der Waals surface area (Å²) in [6.45, 7) is 3.87. The Morgan fingerprint density at radius 1 is 1.10 bits per heavy atom. The van der Waals surface area contributed by atoms with E-state index in [-0.39, 0.29) is 23.6 Å². The van der Waals surface area contributed by atoms with Gasteiger partial charge in [-0.3, -0.25) is 15.2 Å². The summed E-state index contributed by atoms with van der Waals surface area (Å²) in [5, 5.41) is 19.0. The highest BCUT2D eigenvalue weighted by atomic mass is 35.5. The zero-order chi connectivity index (χ0) is 21.5. The van der Waals surface area contributed by atoms with Gasteiger partial charge >= 0.3 is 0 Å². The van der Waals surface area contributed by atoms with Crippen LogP contribution in [0.25, 0.3) is 0 Å². The number of amides is 1. The van der Waals surface area contributed by atoms with Crippen molar-refractivity contribution in [2.75, 3.05) is 18.1 Å². The van der Waals surface area contributed by atoms with Crippen LogP contribution in [-0.2, 0) is 4.79 Å². The lowest BCUT2D eigenvalue weighted by molar-refractivity contribution is -0.119. The molecule has 0 aromatic heterocycles. The molecule has 2 aromatic rings. The molecule has 1 saturated carbocycles. The summed E-state index contributed by atoms with van der Waals surface area (Å²) in [6.07, 6.45) is 3.83. The Labute approximate surface area is 187 Å². The van der Waals surface area contributed by atoms with Gasteiger partial charge in [-0.1, -0.05) is 49.2 Å². The van der Waals surface area contributed by atoms with E-state index >= 15 is 0 Å². The van der Waals surface area contributed by atoms with E-state index < -0.39 is 0 Å². The fourth-order valence-corrected chi connectivity index (χ4v) is 5.58. The topological polar surface area (TPSA) is 68.2 Å². The molecule has 2 aromatic carbocycles. The molecule has 1 saturated heterocycles. The van der Waals surface area contributed by atoms with E-state index in [1.807, 2.05) is 48.3 Å². The molecule has 0 radical (unpaired) electrons. The number of anilines is 1. The second-order valence-electron chi connectivity index (χ2n) is 8.90. The third-order valence-corrected chi connectivity index (χ3v) is 7.26. The van der Waals surface area contributed by atoms with Crippen LogP contribution in [0.4, 0.5) is 5.69 Å². The third kappa shape index (κ3) is 3.79. The van der Waals surface area contributed by atoms with Crippen molar-refractivity contribution in [2.45, 2.75) is 32.2 Å². The summed E-state index contributed by atoms with van der Waals surface area (Å²) in [6, 6.07) is 14.4. The lowest BCUT2D eigenvalue weighted by Crippen LogP contribution is -2.45. The molecule has 5 rings (SSSR count). The molecular formula is C24H27ClN4O2. The minimum atomic E-state index is -0.195. The number of hydrazone groups is 1. The molecule has 1 aliphatic carbocycles. The Bertz CT molecular complexity index is 997. The van der Waals surface area contributed by atoms with Crippen molar-refractivity contribution in [1.82, 2.24) is 10.4 Å². The highest BCUT2D eigenvalue weighted by Crippen LogP contribution is 2.42. The van der Waals surface area contributed by atoms with E-state index in [9.17, 15) is 9.90 Å². The third-order valence-electron chi connectivity index (χ3n) is 6.94. The molecule has 2 fully saturated rings. The average Bonchev–Trinajstić information content (AvgIpc) is 3.43. The molecule has 31 heavy (non-hydrogen) atoms. The molecule has 0 spiro atoms. The molecule has 2 N–H and O–H groups in total. The maximum Gasteiger partial charge on any atom is 0.282 e. The Morgan fingerprint density at radius 3 is 2.45 bits per heavy atom. The Kier molecular flexibility index (Phi) is 5.36. The monoisotopic (exact) mass is 438 g/mol. The number of benzene rings is 2. The van der Waals surface area contributed by atoms with Crippen LogP contribution in [0.3, 0.4) is 0 Å². The van der Waals surface area contributed by atoms with Crippen molar-refractivity contribution in [1.29, 1.82) is 0 Å². The standard InChI is InChI=1S/C24H27ClN4O2/c1-15-22(24(31)27-28-13-17-5-4-6-18(17)14-28)26-29(21-8-3-2-7-20(21)25)23(15)16-9-11-19(30)12-10-16/h2-3,7-12,15,17-18,23,30H,4-6,13-14H2,1H3,(H,27,31)/t15-,17?,18?,23+/m1/s1. The normalized spacial score (nSPS) is 27.9. The summed E-state index contributed by atoms with van der Waals surface area (Å²) in [4.78, 5) is 13.2. The van der Waals surface area contributed by atoms with Crippen molar-refractivity contribution >= 4 is 28.9 Å². The first-order valence-corrected chi connectivity index (χ1v) is 11.4. The van der Waals surface area contributed by atoms with Crippen LogP contribution in [0.5, 0.6) is 5.75 Å². The molecular weight excluding hydrogens is 412 g/mol. The number of halogens is 1. The molecule has 4 atom stereocenters. The van der Waals surface area contributed by atoms with Gasteiger partial charge in [0.25, 0.3) is 5.91 Å². The van der Waals surface area contributed by atoms with Crippen molar-refractivity contribution in [2.24, 2.45) is 22.9 Å². The zero-order valence-corrected chi connectivity index (χ0v) is 18.3. The van der Waals surface area contributed by atoms with Crippen molar-refractivity contribution in [3.8, 4) is 5.75 Å². The number of aromatic hydroxyl groups is 1. The molecule has 2 aliphatic heterocycles. The summed E-state index contributed by atoms with van der Waals surface area (Å²) in [5.74, 6) is 1.31. The van der Waals surface area contributed by atoms with Crippen LogP contribution < -0.4 is 10.4 Å². The number of fused-ring (bicyclic) bond motifs is 1. The lowest BCUT2D eigenvalue weighted by atomic mass is 9.91. The van der Waals surface area contributed by atoms with Crippen molar-refractivity contribution in [3.63, 3.8) is 0 Å². The maximum absolute atomic E-state index is 13.2. The molecule has 162 valence electrons. The number of para-hydroxylation sites is 1. The molecule has 7 heteroatoms. The first kappa shape index (κ1) is 20.3. The number of phenols is 1. The smallest absolute Gasteiger partial charge is 0.282 e. The fourth-order valence-electron chi connectivity index (χ4n) is 5.35. The van der Waals surface area contributed by atoms with E-state index in [2.05, 4.69) is 10.4 Å². The minimum Gasteiger partial charge on any atom is -0.508 e. The number of nitrogens with one attached hydrogen (secondary N) is 1. The predicted molar refractivity (Wildman–Crippen MR) is 122 cm³/mol. The van der Waals surface area contributed by atoms with Crippen LogP contribution in [0.1, 0.15) is 37.8 Å². The number of phenolic OH excluding ortho intramolecular Hbond substituents is 1. The van der Waals surface area contributed by atoms with Crippen LogP contribution >= 0.6 is 11.6 Å². The van der Waals surface area contributed by atoms with Gasteiger partial charge in [0.15, 0.2) is 0 Å². The molecule has 2 heterocycles. The van der Waals surface area contributed by atoms with E-state index in [0.717, 1.165) is 24.3 Å². The van der Waals surface area contributed by atoms with E-state index in [1.54, 1.807) is 12.1 Å². The summed E-state index contributed by atoms with van der Waals surface area (Å²) in [5.41, 5.74) is 5.33. The molecule has 3 aliphatic rings. The molecule has 6 nitrogen and oxygen atoms in total. The molecule has 1 amide bonds. The summed E-state index contributed by atoms with van der Waals surface area (Å²) in [7, 11) is 0. The van der Waals surface area contributed by atoms with Gasteiger partial charge in [-0.25, -0.2) is 5.01 Å². The summed E-state index contributed by atoms with van der Waals surface area (Å²) >= 11 is 6.49. The first-order chi connectivity index (χ1) is 15.0. The lowest BCUT2D eigenvalue weighted by Gasteiger charge is -2.27. The van der Waals surface area contributed by atoms with Crippen LogP contribution in [0.2, 0.25) is 5.02 Å². The summed E-state index contributed by atoms with van der Waals surface area (Å²) < 4.78 is 0. The molecule has 0 bridgehead atoms. The number of carbonyl (C=O) groups is 1. The van der Waals surface area contributed by atoms with Crippen molar-refractivity contribution in [3.05, 3.63) is 59.1 Å². The SMILES string of the molecule is C[C@@H]1C(C(=O)NN2CC3CCCC3C2)=NN(c2ccccc2Cl)[C@@H]1c1ccc(O)cc1.